The summed E-state index contributed by atoms with van der Waals surface area (Å²) in [5, 5.41) is 8.67. The molecule has 96 valence electrons. The smallest absolute Gasteiger partial charge is 0.134 e. The first-order valence-corrected chi connectivity index (χ1v) is 7.10. The van der Waals surface area contributed by atoms with Crippen LogP contribution in [0.15, 0.2) is 0 Å². The summed E-state index contributed by atoms with van der Waals surface area (Å²) in [5.74, 6) is 0. The Labute approximate surface area is 107 Å². The average molecular weight is 255 g/mol. The molecule has 0 unspecified atom stereocenters. The maximum Gasteiger partial charge on any atom is 0.134 e. The van der Waals surface area contributed by atoms with Crippen LogP contribution in [0.3, 0.4) is 0 Å². The van der Waals surface area contributed by atoms with Gasteiger partial charge in [0.25, 0.3) is 0 Å². The Balaban J connectivity index is 1.86. The molecule has 0 aliphatic carbocycles. The molecule has 1 fully saturated rings. The van der Waals surface area contributed by atoms with Crippen molar-refractivity contribution < 1.29 is 0 Å². The lowest BCUT2D eigenvalue weighted by molar-refractivity contribution is 0.131. The maximum absolute atomic E-state index is 4.22. The highest BCUT2D eigenvalue weighted by atomic mass is 32.1. The van der Waals surface area contributed by atoms with Crippen molar-refractivity contribution in [2.75, 3.05) is 44.6 Å². The molecule has 17 heavy (non-hydrogen) atoms. The minimum absolute atomic E-state index is 0.927. The van der Waals surface area contributed by atoms with E-state index >= 15 is 0 Å². The van der Waals surface area contributed by atoms with Crippen molar-refractivity contribution in [1.29, 1.82) is 0 Å². The highest BCUT2D eigenvalue weighted by Crippen LogP contribution is 2.19. The molecule has 6 heteroatoms. The fourth-order valence-corrected chi connectivity index (χ4v) is 2.72. The Bertz CT molecular complexity index is 332. The van der Waals surface area contributed by atoms with E-state index in [1.54, 1.807) is 0 Å². The van der Waals surface area contributed by atoms with E-state index in [2.05, 4.69) is 38.6 Å². The molecule has 1 aliphatic rings. The van der Waals surface area contributed by atoms with Crippen molar-refractivity contribution in [2.45, 2.75) is 20.4 Å². The number of hydrogen-bond acceptors (Lipinski definition) is 6. The van der Waals surface area contributed by atoms with E-state index in [1.165, 1.54) is 24.6 Å². The monoisotopic (exact) mass is 255 g/mol. The standard InChI is InChI=1S/C11H21N5S/c1-3-12-11-10(13-14-17-11)9-16-7-5-15(4-2)6-8-16/h12H,3-9H2,1-2H3. The molecule has 0 atom stereocenters. The predicted molar refractivity (Wildman–Crippen MR) is 71.5 cm³/mol. The molecular weight excluding hydrogens is 234 g/mol. The van der Waals surface area contributed by atoms with E-state index in [4.69, 9.17) is 0 Å². The molecule has 0 bridgehead atoms. The zero-order chi connectivity index (χ0) is 12.1. The van der Waals surface area contributed by atoms with Gasteiger partial charge in [-0.15, -0.1) is 5.10 Å². The topological polar surface area (TPSA) is 44.3 Å². The molecule has 0 spiro atoms. The minimum Gasteiger partial charge on any atom is -0.374 e. The lowest BCUT2D eigenvalue weighted by Gasteiger charge is -2.33. The van der Waals surface area contributed by atoms with Crippen LogP contribution in [-0.2, 0) is 6.54 Å². The van der Waals surface area contributed by atoms with Crippen LogP contribution in [0.4, 0.5) is 5.00 Å². The van der Waals surface area contributed by atoms with Crippen LogP contribution in [0.1, 0.15) is 19.5 Å². The van der Waals surface area contributed by atoms with Gasteiger partial charge in [0.15, 0.2) is 0 Å². The average Bonchev–Trinajstić information content (AvgIpc) is 2.78. The Morgan fingerprint density at radius 3 is 2.53 bits per heavy atom. The number of nitrogens with one attached hydrogen (secondary N) is 1. The highest BCUT2D eigenvalue weighted by molar-refractivity contribution is 7.10. The van der Waals surface area contributed by atoms with Crippen LogP contribution in [0.2, 0.25) is 0 Å². The van der Waals surface area contributed by atoms with Gasteiger partial charge in [0, 0.05) is 50.8 Å². The number of piperazine rings is 1. The zero-order valence-corrected chi connectivity index (χ0v) is 11.5. The number of rotatable bonds is 5. The first-order chi connectivity index (χ1) is 8.33. The molecule has 5 nitrogen and oxygen atoms in total. The van der Waals surface area contributed by atoms with E-state index in [0.717, 1.165) is 43.4 Å². The molecule has 1 N–H and O–H groups in total. The summed E-state index contributed by atoms with van der Waals surface area (Å²) < 4.78 is 4.03. The van der Waals surface area contributed by atoms with Gasteiger partial charge >= 0.3 is 0 Å². The second-order valence-electron chi connectivity index (χ2n) is 4.29. The largest absolute Gasteiger partial charge is 0.374 e. The third kappa shape index (κ3) is 3.37. The first kappa shape index (κ1) is 12.7. The number of anilines is 1. The molecule has 2 rings (SSSR count). The van der Waals surface area contributed by atoms with Gasteiger partial charge in [0.2, 0.25) is 0 Å². The first-order valence-electron chi connectivity index (χ1n) is 6.33. The van der Waals surface area contributed by atoms with Crippen molar-refractivity contribution in [3.05, 3.63) is 5.69 Å². The van der Waals surface area contributed by atoms with Crippen LogP contribution in [-0.4, -0.2) is 58.7 Å². The van der Waals surface area contributed by atoms with Gasteiger partial charge < -0.3 is 10.2 Å². The Hall–Kier alpha value is -0.720. The molecular formula is C11H21N5S. The van der Waals surface area contributed by atoms with E-state index in [0.29, 0.717) is 0 Å². The lowest BCUT2D eigenvalue weighted by atomic mass is 10.3. The van der Waals surface area contributed by atoms with Crippen LogP contribution in [0, 0.1) is 0 Å². The van der Waals surface area contributed by atoms with Gasteiger partial charge in [-0.05, 0) is 13.5 Å². The van der Waals surface area contributed by atoms with Crippen LogP contribution < -0.4 is 5.32 Å². The van der Waals surface area contributed by atoms with Crippen molar-refractivity contribution in [3.63, 3.8) is 0 Å². The molecule has 0 saturated carbocycles. The quantitative estimate of drug-likeness (QED) is 0.854. The van der Waals surface area contributed by atoms with Gasteiger partial charge in [-0.25, -0.2) is 0 Å². The Morgan fingerprint density at radius 1 is 1.18 bits per heavy atom. The van der Waals surface area contributed by atoms with Crippen LogP contribution >= 0.6 is 11.5 Å². The molecule has 2 heterocycles. The zero-order valence-electron chi connectivity index (χ0n) is 10.6. The second-order valence-corrected chi connectivity index (χ2v) is 5.04. The van der Waals surface area contributed by atoms with Crippen molar-refractivity contribution in [3.8, 4) is 0 Å². The number of nitrogens with zero attached hydrogens (tertiary/aromatic N) is 4. The van der Waals surface area contributed by atoms with Crippen molar-refractivity contribution in [2.24, 2.45) is 0 Å². The van der Waals surface area contributed by atoms with Gasteiger partial charge in [0.05, 0.1) is 0 Å². The van der Waals surface area contributed by atoms with Gasteiger partial charge in [-0.2, -0.15) is 0 Å². The number of hydrogen-bond donors (Lipinski definition) is 1. The molecule has 1 aromatic rings. The number of aromatic nitrogens is 2. The van der Waals surface area contributed by atoms with Crippen molar-refractivity contribution >= 4 is 16.5 Å². The highest BCUT2D eigenvalue weighted by Gasteiger charge is 2.18. The molecule has 1 aliphatic heterocycles. The summed E-state index contributed by atoms with van der Waals surface area (Å²) in [6.45, 7) is 12.0. The van der Waals surface area contributed by atoms with Gasteiger partial charge in [-0.3, -0.25) is 4.90 Å². The Morgan fingerprint density at radius 2 is 1.88 bits per heavy atom. The minimum atomic E-state index is 0.927. The molecule has 0 aromatic carbocycles. The molecule has 1 saturated heterocycles. The number of likely N-dealkylation sites (N-methyl/N-ethyl adjacent to an activating group) is 1. The Kier molecular flexibility index (Phi) is 4.70. The van der Waals surface area contributed by atoms with E-state index in [-0.39, 0.29) is 0 Å². The van der Waals surface area contributed by atoms with Crippen LogP contribution in [0.5, 0.6) is 0 Å². The summed E-state index contributed by atoms with van der Waals surface area (Å²) >= 11 is 1.46. The summed E-state index contributed by atoms with van der Waals surface area (Å²) in [6.07, 6.45) is 0. The normalized spacial score (nSPS) is 18.5. The molecule has 0 radical (unpaired) electrons. The fraction of sp³-hybridized carbons (Fsp3) is 0.818. The third-order valence-electron chi connectivity index (χ3n) is 3.18. The summed E-state index contributed by atoms with van der Waals surface area (Å²) in [5.41, 5.74) is 1.10. The molecule has 0 amide bonds. The van der Waals surface area contributed by atoms with Gasteiger partial charge in [0.1, 0.15) is 10.7 Å². The summed E-state index contributed by atoms with van der Waals surface area (Å²) in [7, 11) is 0. The van der Waals surface area contributed by atoms with Crippen molar-refractivity contribution in [1.82, 2.24) is 19.4 Å². The van der Waals surface area contributed by atoms with Crippen LogP contribution in [0.25, 0.3) is 0 Å². The maximum atomic E-state index is 4.22. The predicted octanol–water partition coefficient (Wildman–Crippen LogP) is 1.11. The van der Waals surface area contributed by atoms with E-state index in [9.17, 15) is 0 Å². The summed E-state index contributed by atoms with van der Waals surface area (Å²) in [4.78, 5) is 4.95. The summed E-state index contributed by atoms with van der Waals surface area (Å²) in [6, 6.07) is 0. The van der Waals surface area contributed by atoms with E-state index in [1.807, 2.05) is 0 Å². The van der Waals surface area contributed by atoms with E-state index < -0.39 is 0 Å². The third-order valence-corrected chi connectivity index (χ3v) is 3.90. The lowest BCUT2D eigenvalue weighted by Crippen LogP contribution is -2.45. The second kappa shape index (κ2) is 6.28. The SMILES string of the molecule is CCNc1snnc1CN1CCN(CC)CC1. The fourth-order valence-electron chi connectivity index (χ4n) is 2.08. The van der Waals surface area contributed by atoms with Gasteiger partial charge in [-0.1, -0.05) is 11.4 Å². The molecule has 1 aromatic heterocycles.